The molecule has 49 heavy (non-hydrogen) atoms. The number of carbonyl (C=O) groups excluding carboxylic acids is 4. The monoisotopic (exact) mass is 678 g/mol. The quantitative estimate of drug-likeness (QED) is 0.141. The van der Waals surface area contributed by atoms with Crippen LogP contribution < -0.4 is 19.3 Å². The standard InChI is InChI=1S/C35H20F6N2O6/c36-34(37,38)33(35(39,40)41,21-9-13-23(14-10-21)48-27-7-3-1-5-25(27)42-29(44)17-18-30(42)45)22-11-15-24(16-12-22)49-28-8-4-2-6-26(28)43-31(46)19-20-32(43)47/h1-20H. The Bertz CT molecular complexity index is 1850. The molecule has 8 nitrogen and oxygen atoms in total. The maximum absolute atomic E-state index is 14.8. The van der Waals surface area contributed by atoms with E-state index in [9.17, 15) is 45.5 Å². The average molecular weight is 679 g/mol. The van der Waals surface area contributed by atoms with Crippen molar-refractivity contribution in [2.24, 2.45) is 0 Å². The zero-order valence-electron chi connectivity index (χ0n) is 24.7. The van der Waals surface area contributed by atoms with Gasteiger partial charge in [0.2, 0.25) is 5.41 Å². The minimum atomic E-state index is -5.89. The number of carbonyl (C=O) groups is 4. The first-order valence-corrected chi connectivity index (χ1v) is 14.2. The second-order valence-corrected chi connectivity index (χ2v) is 10.6. The second-order valence-electron chi connectivity index (χ2n) is 10.6. The molecule has 2 heterocycles. The summed E-state index contributed by atoms with van der Waals surface area (Å²) in [6.07, 6.45) is -7.62. The van der Waals surface area contributed by atoms with E-state index < -0.39 is 52.5 Å². The lowest BCUT2D eigenvalue weighted by atomic mass is 9.73. The van der Waals surface area contributed by atoms with E-state index in [-0.39, 0.29) is 34.4 Å². The van der Waals surface area contributed by atoms with Gasteiger partial charge < -0.3 is 9.47 Å². The number of halogens is 6. The number of amides is 4. The molecule has 14 heteroatoms. The largest absolute Gasteiger partial charge is 0.455 e. The van der Waals surface area contributed by atoms with Gasteiger partial charge in [0.25, 0.3) is 23.6 Å². The van der Waals surface area contributed by atoms with Crippen LogP contribution >= 0.6 is 0 Å². The van der Waals surface area contributed by atoms with Crippen LogP contribution in [0.3, 0.4) is 0 Å². The first-order valence-electron chi connectivity index (χ1n) is 14.2. The van der Waals surface area contributed by atoms with Gasteiger partial charge in [-0.05, 0) is 59.7 Å². The van der Waals surface area contributed by atoms with Gasteiger partial charge in [-0.25, -0.2) is 9.80 Å². The fourth-order valence-corrected chi connectivity index (χ4v) is 5.51. The van der Waals surface area contributed by atoms with Crippen molar-refractivity contribution in [3.63, 3.8) is 0 Å². The smallest absolute Gasteiger partial charge is 0.411 e. The number of alkyl halides is 6. The Balaban J connectivity index is 1.33. The van der Waals surface area contributed by atoms with E-state index >= 15 is 0 Å². The normalized spacial score (nSPS) is 15.1. The molecule has 2 aliphatic heterocycles. The van der Waals surface area contributed by atoms with Crippen molar-refractivity contribution in [1.82, 2.24) is 0 Å². The van der Waals surface area contributed by atoms with E-state index in [4.69, 9.17) is 9.47 Å². The molecule has 0 aliphatic carbocycles. The molecule has 0 fully saturated rings. The third kappa shape index (κ3) is 5.70. The fourth-order valence-electron chi connectivity index (χ4n) is 5.51. The summed E-state index contributed by atoms with van der Waals surface area (Å²) in [5, 5.41) is 0. The van der Waals surface area contributed by atoms with Crippen LogP contribution in [-0.2, 0) is 24.6 Å². The van der Waals surface area contributed by atoms with Crippen LogP contribution in [0.2, 0.25) is 0 Å². The molecular weight excluding hydrogens is 658 g/mol. The summed E-state index contributed by atoms with van der Waals surface area (Å²) in [6, 6.07) is 17.7. The SMILES string of the molecule is O=C1C=CC(=O)N1c1ccccc1Oc1ccc(C(c2ccc(Oc3ccccc3N3C(=O)C=CC3=O)cc2)(C(F)(F)F)C(F)(F)F)cc1. The molecule has 4 aromatic rings. The Morgan fingerprint density at radius 3 is 1.04 bits per heavy atom. The summed E-state index contributed by atoms with van der Waals surface area (Å²) in [4.78, 5) is 50.3. The minimum absolute atomic E-state index is 0.0201. The molecule has 0 spiro atoms. The van der Waals surface area contributed by atoms with Crippen LogP contribution in [0.1, 0.15) is 11.1 Å². The number of ether oxygens (including phenoxy) is 2. The molecule has 4 amide bonds. The molecule has 0 saturated carbocycles. The van der Waals surface area contributed by atoms with E-state index in [2.05, 4.69) is 0 Å². The Labute approximate surface area is 273 Å². The number of nitrogens with zero attached hydrogens (tertiary/aromatic N) is 2. The van der Waals surface area contributed by atoms with E-state index in [1.165, 1.54) is 48.5 Å². The highest BCUT2D eigenvalue weighted by atomic mass is 19.4. The molecule has 0 atom stereocenters. The molecule has 6 rings (SSSR count). The number of rotatable bonds is 8. The van der Waals surface area contributed by atoms with Crippen LogP contribution in [0.4, 0.5) is 37.7 Å². The number of para-hydroxylation sites is 4. The van der Waals surface area contributed by atoms with Gasteiger partial charge in [0.15, 0.2) is 11.5 Å². The van der Waals surface area contributed by atoms with Gasteiger partial charge in [0.1, 0.15) is 11.5 Å². The van der Waals surface area contributed by atoms with Crippen molar-refractivity contribution in [3.8, 4) is 23.0 Å². The molecule has 0 unspecified atom stereocenters. The first-order chi connectivity index (χ1) is 23.2. The topological polar surface area (TPSA) is 93.2 Å². The number of benzene rings is 4. The van der Waals surface area contributed by atoms with Crippen LogP contribution in [0.5, 0.6) is 23.0 Å². The van der Waals surface area contributed by atoms with E-state index in [0.29, 0.717) is 24.3 Å². The molecule has 4 aromatic carbocycles. The van der Waals surface area contributed by atoms with Gasteiger partial charge in [0, 0.05) is 24.3 Å². The van der Waals surface area contributed by atoms with Crippen molar-refractivity contribution in [3.05, 3.63) is 132 Å². The van der Waals surface area contributed by atoms with Crippen LogP contribution in [0.15, 0.2) is 121 Å². The van der Waals surface area contributed by atoms with Crippen molar-refractivity contribution in [1.29, 1.82) is 0 Å². The summed E-state index contributed by atoms with van der Waals surface area (Å²) in [5.41, 5.74) is -6.79. The van der Waals surface area contributed by atoms with E-state index in [1.54, 1.807) is 0 Å². The highest BCUT2D eigenvalue weighted by Gasteiger charge is 2.72. The zero-order chi connectivity index (χ0) is 35.1. The van der Waals surface area contributed by atoms with Crippen LogP contribution in [0, 0.1) is 0 Å². The maximum atomic E-state index is 14.8. The van der Waals surface area contributed by atoms with Gasteiger partial charge >= 0.3 is 12.4 Å². The van der Waals surface area contributed by atoms with Gasteiger partial charge in [0.05, 0.1) is 11.4 Å². The summed E-state index contributed by atoms with van der Waals surface area (Å²) in [6.45, 7) is 0. The number of anilines is 2. The predicted molar refractivity (Wildman–Crippen MR) is 162 cm³/mol. The highest BCUT2D eigenvalue weighted by molar-refractivity contribution is 6.29. The molecule has 0 aromatic heterocycles. The molecule has 0 N–H and O–H groups in total. The number of hydrogen-bond acceptors (Lipinski definition) is 6. The van der Waals surface area contributed by atoms with Gasteiger partial charge in [-0.15, -0.1) is 0 Å². The molecular formula is C35H20F6N2O6. The summed E-state index contributed by atoms with van der Waals surface area (Å²) >= 11 is 0. The second kappa shape index (κ2) is 12.1. The molecule has 248 valence electrons. The van der Waals surface area contributed by atoms with E-state index in [1.807, 2.05) is 0 Å². The van der Waals surface area contributed by atoms with Gasteiger partial charge in [-0.3, -0.25) is 19.2 Å². The highest BCUT2D eigenvalue weighted by Crippen LogP contribution is 2.56. The molecule has 2 aliphatic rings. The molecule has 0 radical (unpaired) electrons. The molecule has 0 bridgehead atoms. The van der Waals surface area contributed by atoms with Gasteiger partial charge in [-0.2, -0.15) is 26.3 Å². The lowest BCUT2D eigenvalue weighted by Crippen LogP contribution is -2.54. The summed E-state index contributed by atoms with van der Waals surface area (Å²) in [7, 11) is 0. The lowest BCUT2D eigenvalue weighted by molar-refractivity contribution is -0.288. The third-order valence-corrected chi connectivity index (χ3v) is 7.71. The third-order valence-electron chi connectivity index (χ3n) is 7.71. The van der Waals surface area contributed by atoms with Crippen LogP contribution in [-0.4, -0.2) is 36.0 Å². The minimum Gasteiger partial charge on any atom is -0.455 e. The van der Waals surface area contributed by atoms with Crippen LogP contribution in [0.25, 0.3) is 0 Å². The van der Waals surface area contributed by atoms with Crippen molar-refractivity contribution >= 4 is 35.0 Å². The average Bonchev–Trinajstić information content (AvgIpc) is 3.56. The maximum Gasteiger partial charge on any atom is 0.411 e. The van der Waals surface area contributed by atoms with Crippen molar-refractivity contribution in [2.45, 2.75) is 17.8 Å². The predicted octanol–water partition coefficient (Wildman–Crippen LogP) is 7.54. The Kier molecular flexibility index (Phi) is 8.10. The summed E-state index contributed by atoms with van der Waals surface area (Å²) < 4.78 is 100. The lowest BCUT2D eigenvalue weighted by Gasteiger charge is -2.38. The van der Waals surface area contributed by atoms with Crippen molar-refractivity contribution < 1.29 is 55.0 Å². The van der Waals surface area contributed by atoms with Gasteiger partial charge in [-0.1, -0.05) is 48.5 Å². The zero-order valence-corrected chi connectivity index (χ0v) is 24.7. The van der Waals surface area contributed by atoms with Crippen molar-refractivity contribution in [2.75, 3.05) is 9.80 Å². The van der Waals surface area contributed by atoms with E-state index in [0.717, 1.165) is 58.4 Å². The first kappa shape index (κ1) is 32.7. The number of imide groups is 2. The molecule has 0 saturated heterocycles. The summed E-state index contributed by atoms with van der Waals surface area (Å²) in [5.74, 6) is -3.09. The fraction of sp³-hybridized carbons (Fsp3) is 0.0857. The Morgan fingerprint density at radius 1 is 0.429 bits per heavy atom. The Hall–Kier alpha value is -6.18. The Morgan fingerprint density at radius 2 is 0.735 bits per heavy atom. The number of hydrogen-bond donors (Lipinski definition) is 0.